The molecule has 0 aromatic rings. The van der Waals surface area contributed by atoms with Crippen LogP contribution in [-0.2, 0) is 4.79 Å². The van der Waals surface area contributed by atoms with Gasteiger partial charge in [-0.25, -0.2) is 0 Å². The van der Waals surface area contributed by atoms with Gasteiger partial charge in [0.05, 0.1) is 6.61 Å². The van der Waals surface area contributed by atoms with E-state index in [0.29, 0.717) is 12.5 Å². The van der Waals surface area contributed by atoms with E-state index in [1.807, 2.05) is 4.90 Å². The highest BCUT2D eigenvalue weighted by Crippen LogP contribution is 2.30. The molecule has 1 fully saturated rings. The van der Waals surface area contributed by atoms with Gasteiger partial charge in [-0.05, 0) is 31.6 Å². The second kappa shape index (κ2) is 7.74. The van der Waals surface area contributed by atoms with Crippen molar-refractivity contribution in [3.05, 3.63) is 0 Å². The molecule has 0 radical (unpaired) electrons. The Labute approximate surface area is 111 Å². The van der Waals surface area contributed by atoms with Crippen LogP contribution in [0.3, 0.4) is 0 Å². The van der Waals surface area contributed by atoms with Crippen molar-refractivity contribution < 1.29 is 9.90 Å². The van der Waals surface area contributed by atoms with Gasteiger partial charge >= 0.3 is 0 Å². The van der Waals surface area contributed by atoms with E-state index in [0.717, 1.165) is 38.6 Å². The number of hydrogen-bond donors (Lipinski definition) is 2. The van der Waals surface area contributed by atoms with Crippen molar-refractivity contribution in [1.29, 1.82) is 0 Å². The average molecular weight is 256 g/mol. The lowest BCUT2D eigenvalue weighted by Crippen LogP contribution is -2.44. The van der Waals surface area contributed by atoms with Crippen LogP contribution in [0.1, 0.15) is 46.0 Å². The van der Waals surface area contributed by atoms with Crippen molar-refractivity contribution in [3.63, 3.8) is 0 Å². The number of aliphatic hydroxyl groups excluding tert-OH is 1. The van der Waals surface area contributed by atoms with Crippen molar-refractivity contribution >= 4 is 5.91 Å². The zero-order valence-corrected chi connectivity index (χ0v) is 11.8. The highest BCUT2D eigenvalue weighted by Gasteiger charge is 2.33. The molecule has 1 amide bonds. The van der Waals surface area contributed by atoms with Gasteiger partial charge < -0.3 is 15.7 Å². The minimum atomic E-state index is 0.0517. The molecule has 3 atom stereocenters. The standard InChI is InChI=1S/C14H28N2O2/c1-3-4-7-16(8-9-17)14(18)13-6-5-12(15)10-11(13)2/h11-13,17H,3-10,15H2,1-2H3. The Morgan fingerprint density at radius 1 is 1.39 bits per heavy atom. The van der Waals surface area contributed by atoms with E-state index in [4.69, 9.17) is 10.8 Å². The lowest BCUT2D eigenvalue weighted by Gasteiger charge is -2.35. The summed E-state index contributed by atoms with van der Waals surface area (Å²) in [6.45, 7) is 5.53. The zero-order valence-electron chi connectivity index (χ0n) is 11.8. The van der Waals surface area contributed by atoms with Gasteiger partial charge in [-0.2, -0.15) is 0 Å². The topological polar surface area (TPSA) is 66.6 Å². The minimum absolute atomic E-state index is 0.0517. The molecule has 0 aromatic carbocycles. The second-order valence-corrected chi connectivity index (χ2v) is 5.56. The first-order valence-corrected chi connectivity index (χ1v) is 7.25. The van der Waals surface area contributed by atoms with Gasteiger partial charge in [0, 0.05) is 25.0 Å². The summed E-state index contributed by atoms with van der Waals surface area (Å²) in [5.41, 5.74) is 5.94. The Balaban J connectivity index is 2.58. The molecule has 4 nitrogen and oxygen atoms in total. The van der Waals surface area contributed by atoms with Crippen molar-refractivity contribution in [3.8, 4) is 0 Å². The first-order valence-electron chi connectivity index (χ1n) is 7.25. The Morgan fingerprint density at radius 3 is 2.67 bits per heavy atom. The van der Waals surface area contributed by atoms with E-state index in [9.17, 15) is 4.79 Å². The van der Waals surface area contributed by atoms with Crippen LogP contribution < -0.4 is 5.73 Å². The molecular weight excluding hydrogens is 228 g/mol. The summed E-state index contributed by atoms with van der Waals surface area (Å²) in [4.78, 5) is 14.3. The van der Waals surface area contributed by atoms with Crippen molar-refractivity contribution in [2.24, 2.45) is 17.6 Å². The summed E-state index contributed by atoms with van der Waals surface area (Å²) in [6, 6.07) is 0.256. The number of carbonyl (C=O) groups is 1. The summed E-state index contributed by atoms with van der Waals surface area (Å²) in [6.07, 6.45) is 4.86. The second-order valence-electron chi connectivity index (χ2n) is 5.56. The smallest absolute Gasteiger partial charge is 0.226 e. The quantitative estimate of drug-likeness (QED) is 0.754. The lowest BCUT2D eigenvalue weighted by atomic mass is 9.77. The summed E-state index contributed by atoms with van der Waals surface area (Å²) < 4.78 is 0. The van der Waals surface area contributed by atoms with E-state index in [2.05, 4.69) is 13.8 Å². The molecule has 3 N–H and O–H groups in total. The van der Waals surface area contributed by atoms with Crippen LogP contribution in [0.5, 0.6) is 0 Å². The predicted molar refractivity (Wildman–Crippen MR) is 73.1 cm³/mol. The molecule has 1 aliphatic carbocycles. The third kappa shape index (κ3) is 4.25. The molecule has 1 aliphatic rings. The largest absolute Gasteiger partial charge is 0.395 e. The van der Waals surface area contributed by atoms with E-state index < -0.39 is 0 Å². The number of unbranched alkanes of at least 4 members (excludes halogenated alkanes) is 1. The number of hydrogen-bond acceptors (Lipinski definition) is 3. The Hall–Kier alpha value is -0.610. The first-order chi connectivity index (χ1) is 8.60. The fourth-order valence-electron chi connectivity index (χ4n) is 2.84. The minimum Gasteiger partial charge on any atom is -0.395 e. The van der Waals surface area contributed by atoms with Crippen LogP contribution in [0.25, 0.3) is 0 Å². The summed E-state index contributed by atoms with van der Waals surface area (Å²) in [5, 5.41) is 9.08. The monoisotopic (exact) mass is 256 g/mol. The number of nitrogens with zero attached hydrogens (tertiary/aromatic N) is 1. The van der Waals surface area contributed by atoms with Gasteiger partial charge in [-0.1, -0.05) is 20.3 Å². The third-order valence-corrected chi connectivity index (χ3v) is 3.99. The van der Waals surface area contributed by atoms with Crippen LogP contribution in [0.4, 0.5) is 0 Å². The molecule has 0 aliphatic heterocycles. The number of nitrogens with two attached hydrogens (primary N) is 1. The molecule has 0 spiro atoms. The van der Waals surface area contributed by atoms with Gasteiger partial charge in [0.2, 0.25) is 5.91 Å². The highest BCUT2D eigenvalue weighted by molar-refractivity contribution is 5.79. The van der Waals surface area contributed by atoms with Crippen LogP contribution in [0.15, 0.2) is 0 Å². The van der Waals surface area contributed by atoms with Crippen molar-refractivity contribution in [2.45, 2.75) is 52.0 Å². The highest BCUT2D eigenvalue weighted by atomic mass is 16.3. The Bertz CT molecular complexity index is 258. The number of amides is 1. The number of aliphatic hydroxyl groups is 1. The molecular formula is C14H28N2O2. The molecule has 3 unspecified atom stereocenters. The SMILES string of the molecule is CCCCN(CCO)C(=O)C1CCC(N)CC1C. The summed E-state index contributed by atoms with van der Waals surface area (Å²) in [7, 11) is 0. The van der Waals surface area contributed by atoms with E-state index in [1.54, 1.807) is 0 Å². The fourth-order valence-corrected chi connectivity index (χ4v) is 2.84. The lowest BCUT2D eigenvalue weighted by molar-refractivity contribution is -0.139. The van der Waals surface area contributed by atoms with Gasteiger partial charge in [0.1, 0.15) is 0 Å². The predicted octanol–water partition coefficient (Wildman–Crippen LogP) is 1.37. The number of rotatable bonds is 6. The van der Waals surface area contributed by atoms with Crippen molar-refractivity contribution in [1.82, 2.24) is 4.90 Å². The maximum atomic E-state index is 12.5. The maximum absolute atomic E-state index is 12.5. The molecule has 106 valence electrons. The first kappa shape index (κ1) is 15.4. The van der Waals surface area contributed by atoms with Crippen LogP contribution in [0, 0.1) is 11.8 Å². The van der Waals surface area contributed by atoms with Gasteiger partial charge in [0.15, 0.2) is 0 Å². The normalized spacial score (nSPS) is 28.1. The van der Waals surface area contributed by atoms with Crippen LogP contribution in [-0.4, -0.2) is 41.7 Å². The molecule has 0 heterocycles. The van der Waals surface area contributed by atoms with Gasteiger partial charge in [0.25, 0.3) is 0 Å². The van der Waals surface area contributed by atoms with Gasteiger partial charge in [-0.15, -0.1) is 0 Å². The molecule has 1 rings (SSSR count). The number of carbonyl (C=O) groups excluding carboxylic acids is 1. The van der Waals surface area contributed by atoms with E-state index in [1.165, 1.54) is 0 Å². The third-order valence-electron chi connectivity index (χ3n) is 3.99. The molecule has 4 heteroatoms. The van der Waals surface area contributed by atoms with Gasteiger partial charge in [-0.3, -0.25) is 4.79 Å². The summed E-state index contributed by atoms with van der Waals surface area (Å²) in [5.74, 6) is 0.689. The Morgan fingerprint density at radius 2 is 2.11 bits per heavy atom. The molecule has 0 aromatic heterocycles. The average Bonchev–Trinajstić information content (AvgIpc) is 2.33. The fraction of sp³-hybridized carbons (Fsp3) is 0.929. The molecule has 0 saturated heterocycles. The van der Waals surface area contributed by atoms with Crippen LogP contribution in [0.2, 0.25) is 0 Å². The van der Waals surface area contributed by atoms with E-state index >= 15 is 0 Å². The molecule has 1 saturated carbocycles. The van der Waals surface area contributed by atoms with E-state index in [-0.39, 0.29) is 24.5 Å². The maximum Gasteiger partial charge on any atom is 0.226 e. The zero-order chi connectivity index (χ0) is 13.5. The van der Waals surface area contributed by atoms with Crippen LogP contribution >= 0.6 is 0 Å². The molecule has 0 bridgehead atoms. The summed E-state index contributed by atoms with van der Waals surface area (Å²) >= 11 is 0. The Kier molecular flexibility index (Phi) is 6.65. The molecule has 18 heavy (non-hydrogen) atoms. The van der Waals surface area contributed by atoms with Crippen molar-refractivity contribution in [2.75, 3.05) is 19.7 Å².